The summed E-state index contributed by atoms with van der Waals surface area (Å²) in [6.45, 7) is 0. The minimum Gasteiger partial charge on any atom is -0.397 e. The Bertz CT molecular complexity index is 654. The van der Waals surface area contributed by atoms with Gasteiger partial charge in [0.05, 0.1) is 11.6 Å². The Kier molecular flexibility index (Phi) is 3.36. The Hall–Kier alpha value is -2.01. The first-order valence-corrected chi connectivity index (χ1v) is 7.22. The molecule has 3 nitrogen and oxygen atoms in total. The Labute approximate surface area is 120 Å². The number of rotatable bonds is 2. The van der Waals surface area contributed by atoms with Gasteiger partial charge in [-0.05, 0) is 23.8 Å². The highest BCUT2D eigenvalue weighted by atomic mass is 32.2. The molecule has 0 spiro atoms. The standard InChI is InChI=1S/C15H13FN2OS/c16-11-5-3-6-12(17)14(11)18-15(19)10-8-20-13-7-2-1-4-9(10)13/h1-7,10H,8,17H2,(H,18,19). The van der Waals surface area contributed by atoms with Crippen LogP contribution in [-0.2, 0) is 4.79 Å². The van der Waals surface area contributed by atoms with Gasteiger partial charge < -0.3 is 11.1 Å². The molecule has 2 aromatic rings. The van der Waals surface area contributed by atoms with Crippen LogP contribution in [0.15, 0.2) is 47.4 Å². The van der Waals surface area contributed by atoms with Gasteiger partial charge in [0.1, 0.15) is 11.5 Å². The monoisotopic (exact) mass is 288 g/mol. The average molecular weight is 288 g/mol. The fourth-order valence-corrected chi connectivity index (χ4v) is 3.49. The topological polar surface area (TPSA) is 55.1 Å². The average Bonchev–Trinajstić information content (AvgIpc) is 2.87. The van der Waals surface area contributed by atoms with Crippen LogP contribution in [0.2, 0.25) is 0 Å². The lowest BCUT2D eigenvalue weighted by atomic mass is 10.0. The van der Waals surface area contributed by atoms with Crippen LogP contribution in [0.25, 0.3) is 0 Å². The number of thioether (sulfide) groups is 1. The molecule has 0 aliphatic carbocycles. The number of nitrogen functional groups attached to an aromatic ring is 1. The van der Waals surface area contributed by atoms with E-state index in [-0.39, 0.29) is 23.2 Å². The molecule has 0 aromatic heterocycles. The van der Waals surface area contributed by atoms with Gasteiger partial charge in [0.25, 0.3) is 0 Å². The number of hydrogen-bond acceptors (Lipinski definition) is 3. The molecular formula is C15H13FN2OS. The van der Waals surface area contributed by atoms with Crippen molar-refractivity contribution in [3.8, 4) is 0 Å². The van der Waals surface area contributed by atoms with Crippen LogP contribution in [0.1, 0.15) is 11.5 Å². The molecule has 0 radical (unpaired) electrons. The largest absolute Gasteiger partial charge is 0.397 e. The van der Waals surface area contributed by atoms with Crippen LogP contribution in [-0.4, -0.2) is 11.7 Å². The summed E-state index contributed by atoms with van der Waals surface area (Å²) in [5.74, 6) is -0.341. The summed E-state index contributed by atoms with van der Waals surface area (Å²) < 4.78 is 13.7. The van der Waals surface area contributed by atoms with E-state index >= 15 is 0 Å². The number of carbonyl (C=O) groups excluding carboxylic acids is 1. The number of benzene rings is 2. The van der Waals surface area contributed by atoms with E-state index in [1.165, 1.54) is 12.1 Å². The summed E-state index contributed by atoms with van der Waals surface area (Å²) in [5, 5.41) is 2.61. The third-order valence-corrected chi connectivity index (χ3v) is 4.49. The number of fused-ring (bicyclic) bond motifs is 1. The third-order valence-electron chi connectivity index (χ3n) is 3.31. The second-order valence-electron chi connectivity index (χ2n) is 4.59. The molecule has 102 valence electrons. The maximum atomic E-state index is 13.7. The fraction of sp³-hybridized carbons (Fsp3) is 0.133. The van der Waals surface area contributed by atoms with Crippen molar-refractivity contribution in [1.29, 1.82) is 0 Å². The second-order valence-corrected chi connectivity index (χ2v) is 5.66. The molecule has 3 rings (SSSR count). The summed E-state index contributed by atoms with van der Waals surface area (Å²) in [7, 11) is 0. The van der Waals surface area contributed by atoms with E-state index < -0.39 is 5.82 Å². The molecule has 5 heteroatoms. The van der Waals surface area contributed by atoms with Gasteiger partial charge in [-0.15, -0.1) is 11.8 Å². The number of nitrogens with two attached hydrogens (primary N) is 1. The van der Waals surface area contributed by atoms with Crippen LogP contribution >= 0.6 is 11.8 Å². The minimum atomic E-state index is -0.516. The van der Waals surface area contributed by atoms with Gasteiger partial charge in [-0.2, -0.15) is 0 Å². The maximum Gasteiger partial charge on any atom is 0.232 e. The SMILES string of the molecule is Nc1cccc(F)c1NC(=O)C1CSc2ccccc21. The number of carbonyl (C=O) groups is 1. The van der Waals surface area contributed by atoms with Crippen LogP contribution in [0.5, 0.6) is 0 Å². The van der Waals surface area contributed by atoms with Gasteiger partial charge in [-0.25, -0.2) is 4.39 Å². The maximum absolute atomic E-state index is 13.7. The van der Waals surface area contributed by atoms with Gasteiger partial charge in [-0.3, -0.25) is 4.79 Å². The first-order chi connectivity index (χ1) is 9.66. The molecular weight excluding hydrogens is 275 g/mol. The van der Waals surface area contributed by atoms with Crippen LogP contribution in [0, 0.1) is 5.82 Å². The molecule has 1 atom stereocenters. The van der Waals surface area contributed by atoms with Crippen molar-refractivity contribution in [2.45, 2.75) is 10.8 Å². The van der Waals surface area contributed by atoms with E-state index in [9.17, 15) is 9.18 Å². The number of para-hydroxylation sites is 1. The van der Waals surface area contributed by atoms with Crippen molar-refractivity contribution in [3.05, 3.63) is 53.8 Å². The molecule has 1 aliphatic heterocycles. The first kappa shape index (κ1) is 13.0. The van der Waals surface area contributed by atoms with E-state index in [4.69, 9.17) is 5.73 Å². The predicted molar refractivity (Wildman–Crippen MR) is 79.3 cm³/mol. The van der Waals surface area contributed by atoms with Gasteiger partial charge in [0.2, 0.25) is 5.91 Å². The summed E-state index contributed by atoms with van der Waals surface area (Å²) in [4.78, 5) is 13.4. The zero-order valence-electron chi connectivity index (χ0n) is 10.6. The highest BCUT2D eigenvalue weighted by Gasteiger charge is 2.29. The van der Waals surface area contributed by atoms with Gasteiger partial charge in [0, 0.05) is 10.6 Å². The van der Waals surface area contributed by atoms with Crippen molar-refractivity contribution < 1.29 is 9.18 Å². The first-order valence-electron chi connectivity index (χ1n) is 6.23. The lowest BCUT2D eigenvalue weighted by Crippen LogP contribution is -2.22. The second kappa shape index (κ2) is 5.17. The van der Waals surface area contributed by atoms with E-state index in [2.05, 4.69) is 5.32 Å². The summed E-state index contributed by atoms with van der Waals surface area (Å²) >= 11 is 1.64. The van der Waals surface area contributed by atoms with Crippen molar-refractivity contribution in [1.82, 2.24) is 0 Å². The molecule has 0 fully saturated rings. The minimum absolute atomic E-state index is 0.0619. The van der Waals surface area contributed by atoms with E-state index in [0.717, 1.165) is 10.5 Å². The van der Waals surface area contributed by atoms with Crippen molar-refractivity contribution in [2.75, 3.05) is 16.8 Å². The van der Waals surface area contributed by atoms with Gasteiger partial charge in [0.15, 0.2) is 0 Å². The Morgan fingerprint density at radius 3 is 2.85 bits per heavy atom. The smallest absolute Gasteiger partial charge is 0.232 e. The number of anilines is 2. The quantitative estimate of drug-likeness (QED) is 0.834. The zero-order chi connectivity index (χ0) is 14.1. The van der Waals surface area contributed by atoms with Gasteiger partial charge >= 0.3 is 0 Å². The lowest BCUT2D eigenvalue weighted by molar-refractivity contribution is -0.117. The molecule has 0 saturated heterocycles. The van der Waals surface area contributed by atoms with Crippen molar-refractivity contribution in [3.63, 3.8) is 0 Å². The van der Waals surface area contributed by atoms with Crippen LogP contribution in [0.4, 0.5) is 15.8 Å². The summed E-state index contributed by atoms with van der Waals surface area (Å²) in [5.41, 5.74) is 6.99. The van der Waals surface area contributed by atoms with Gasteiger partial charge in [-0.1, -0.05) is 24.3 Å². The fourth-order valence-electron chi connectivity index (χ4n) is 2.26. The normalized spacial score (nSPS) is 16.8. The van der Waals surface area contributed by atoms with Crippen LogP contribution in [0.3, 0.4) is 0 Å². The molecule has 0 bridgehead atoms. The molecule has 1 amide bonds. The molecule has 1 unspecified atom stereocenters. The highest BCUT2D eigenvalue weighted by molar-refractivity contribution is 7.99. The predicted octanol–water partition coefficient (Wildman–Crippen LogP) is 3.24. The molecule has 20 heavy (non-hydrogen) atoms. The van der Waals surface area contributed by atoms with E-state index in [0.29, 0.717) is 5.75 Å². The Morgan fingerprint density at radius 2 is 2.05 bits per heavy atom. The van der Waals surface area contributed by atoms with Crippen molar-refractivity contribution >= 4 is 29.0 Å². The Morgan fingerprint density at radius 1 is 1.25 bits per heavy atom. The molecule has 3 N–H and O–H groups in total. The molecule has 2 aromatic carbocycles. The lowest BCUT2D eigenvalue weighted by Gasteiger charge is -2.13. The molecule has 0 saturated carbocycles. The zero-order valence-corrected chi connectivity index (χ0v) is 11.4. The molecule has 1 heterocycles. The van der Waals surface area contributed by atoms with Crippen molar-refractivity contribution in [2.24, 2.45) is 0 Å². The highest BCUT2D eigenvalue weighted by Crippen LogP contribution is 2.40. The number of halogens is 1. The Balaban J connectivity index is 1.85. The van der Waals surface area contributed by atoms with E-state index in [1.807, 2.05) is 24.3 Å². The summed E-state index contributed by atoms with van der Waals surface area (Å²) in [6, 6.07) is 12.1. The summed E-state index contributed by atoms with van der Waals surface area (Å²) in [6.07, 6.45) is 0. The molecule has 1 aliphatic rings. The van der Waals surface area contributed by atoms with Crippen LogP contribution < -0.4 is 11.1 Å². The number of amides is 1. The number of nitrogens with one attached hydrogen (secondary N) is 1. The number of hydrogen-bond donors (Lipinski definition) is 2. The van der Waals surface area contributed by atoms with E-state index in [1.54, 1.807) is 17.8 Å². The third kappa shape index (κ3) is 2.25.